The number of aryl methyl sites for hydroxylation is 1. The molecule has 0 unspecified atom stereocenters. The van der Waals surface area contributed by atoms with Crippen molar-refractivity contribution in [1.29, 1.82) is 0 Å². The Balaban J connectivity index is 2.17. The third-order valence-corrected chi connectivity index (χ3v) is 5.96. The molecule has 2 aromatic carbocycles. The van der Waals surface area contributed by atoms with Crippen LogP contribution in [0.5, 0.6) is 17.2 Å². The maximum atomic E-state index is 12.9. The van der Waals surface area contributed by atoms with E-state index in [0.717, 1.165) is 16.7 Å². The van der Waals surface area contributed by atoms with Crippen molar-refractivity contribution < 1.29 is 38.1 Å². The number of carbonyl (C=O) groups is 3. The molecule has 0 radical (unpaired) electrons. The summed E-state index contributed by atoms with van der Waals surface area (Å²) in [5.41, 5.74) is 1.71. The van der Waals surface area contributed by atoms with Crippen LogP contribution in [0.25, 0.3) is 6.08 Å². The van der Waals surface area contributed by atoms with E-state index >= 15 is 0 Å². The highest BCUT2D eigenvalue weighted by Crippen LogP contribution is 2.37. The van der Waals surface area contributed by atoms with Crippen molar-refractivity contribution in [1.82, 2.24) is 0 Å². The Labute approximate surface area is 237 Å². The summed E-state index contributed by atoms with van der Waals surface area (Å²) in [6.07, 6.45) is 4.49. The molecule has 0 aliphatic heterocycles. The summed E-state index contributed by atoms with van der Waals surface area (Å²) in [5, 5.41) is 0. The van der Waals surface area contributed by atoms with Gasteiger partial charge in [-0.15, -0.1) is 0 Å². The Hall–Kier alpha value is -3.81. The van der Waals surface area contributed by atoms with Crippen LogP contribution in [0.15, 0.2) is 36.4 Å². The van der Waals surface area contributed by atoms with E-state index in [-0.39, 0.29) is 31.3 Å². The summed E-state index contributed by atoms with van der Waals surface area (Å²) in [5.74, 6) is 0.787. The van der Waals surface area contributed by atoms with Crippen molar-refractivity contribution in [3.05, 3.63) is 58.7 Å². The molecule has 0 spiro atoms. The highest BCUT2D eigenvalue weighted by atomic mass is 16.7. The van der Waals surface area contributed by atoms with Crippen LogP contribution in [0.4, 0.5) is 0 Å². The van der Waals surface area contributed by atoms with Gasteiger partial charge in [0.15, 0.2) is 5.78 Å². The molecule has 8 heteroatoms. The standard InChI is InChI=1S/C32H42O8/c1-10-21-18-23(27(36-9)25(11-2)28(21)38-20-40-30(35)32(6,7)8)14-17-26(33)22-12-15-24(16-13-22)37-19-39-29(34)31(3,4)5/h12-18H,10-11,19-20H2,1-9H3. The number of ether oxygens (including phenoxy) is 5. The van der Waals surface area contributed by atoms with Gasteiger partial charge in [-0.25, -0.2) is 0 Å². The molecule has 218 valence electrons. The monoisotopic (exact) mass is 554 g/mol. The third-order valence-electron chi connectivity index (χ3n) is 5.96. The quantitative estimate of drug-likeness (QED) is 0.126. The van der Waals surface area contributed by atoms with E-state index in [1.165, 1.54) is 6.08 Å². The molecule has 0 aliphatic carbocycles. The molecule has 0 fully saturated rings. The number of benzene rings is 2. The second-order valence-corrected chi connectivity index (χ2v) is 11.3. The van der Waals surface area contributed by atoms with Crippen LogP contribution < -0.4 is 14.2 Å². The van der Waals surface area contributed by atoms with E-state index < -0.39 is 10.8 Å². The zero-order valence-corrected chi connectivity index (χ0v) is 25.1. The first-order chi connectivity index (χ1) is 18.7. The van der Waals surface area contributed by atoms with Crippen molar-refractivity contribution in [2.24, 2.45) is 10.8 Å². The molecule has 0 saturated heterocycles. The zero-order valence-electron chi connectivity index (χ0n) is 25.1. The minimum atomic E-state index is -0.627. The molecule has 0 aliphatic rings. The smallest absolute Gasteiger partial charge is 0.314 e. The fraction of sp³-hybridized carbons (Fsp3) is 0.469. The van der Waals surface area contributed by atoms with Crippen LogP contribution >= 0.6 is 0 Å². The normalized spacial score (nSPS) is 11.7. The number of esters is 2. The van der Waals surface area contributed by atoms with Gasteiger partial charge in [-0.05, 0) is 102 Å². The molecule has 8 nitrogen and oxygen atoms in total. The Morgan fingerprint density at radius 1 is 0.775 bits per heavy atom. The van der Waals surface area contributed by atoms with Crippen LogP contribution in [0.2, 0.25) is 0 Å². The molecule has 0 aromatic heterocycles. The molecule has 0 atom stereocenters. The van der Waals surface area contributed by atoms with Gasteiger partial charge in [0.25, 0.3) is 0 Å². The Morgan fingerprint density at radius 2 is 1.32 bits per heavy atom. The zero-order chi connectivity index (χ0) is 30.1. The Morgan fingerprint density at radius 3 is 1.80 bits per heavy atom. The summed E-state index contributed by atoms with van der Waals surface area (Å²) < 4.78 is 27.5. The molecule has 40 heavy (non-hydrogen) atoms. The molecule has 0 heterocycles. The molecule has 2 aromatic rings. The summed E-state index contributed by atoms with van der Waals surface area (Å²) in [4.78, 5) is 36.9. The number of hydrogen-bond donors (Lipinski definition) is 0. The van der Waals surface area contributed by atoms with E-state index in [1.807, 2.05) is 19.9 Å². The average molecular weight is 555 g/mol. The number of ketones is 1. The van der Waals surface area contributed by atoms with Gasteiger partial charge in [-0.2, -0.15) is 0 Å². The number of hydrogen-bond acceptors (Lipinski definition) is 8. The van der Waals surface area contributed by atoms with Crippen molar-refractivity contribution in [2.45, 2.75) is 68.2 Å². The molecule has 0 bridgehead atoms. The molecular formula is C32H42O8. The van der Waals surface area contributed by atoms with E-state index in [0.29, 0.717) is 35.7 Å². The summed E-state index contributed by atoms with van der Waals surface area (Å²) in [7, 11) is 1.57. The summed E-state index contributed by atoms with van der Waals surface area (Å²) in [6, 6.07) is 8.51. The lowest BCUT2D eigenvalue weighted by molar-refractivity contribution is -0.160. The van der Waals surface area contributed by atoms with Crippen molar-refractivity contribution in [2.75, 3.05) is 20.7 Å². The number of methoxy groups -OCH3 is 1. The predicted octanol–water partition coefficient (Wildman–Crippen LogP) is 6.57. The van der Waals surface area contributed by atoms with Gasteiger partial charge >= 0.3 is 11.9 Å². The fourth-order valence-corrected chi connectivity index (χ4v) is 3.62. The minimum Gasteiger partial charge on any atom is -0.496 e. The molecule has 0 saturated carbocycles. The van der Waals surface area contributed by atoms with Gasteiger partial charge in [-0.3, -0.25) is 14.4 Å². The molecule has 0 N–H and O–H groups in total. The van der Waals surface area contributed by atoms with Gasteiger partial charge in [0.05, 0.1) is 17.9 Å². The number of allylic oxidation sites excluding steroid dienone is 1. The first-order valence-electron chi connectivity index (χ1n) is 13.4. The maximum absolute atomic E-state index is 12.9. The van der Waals surface area contributed by atoms with Crippen LogP contribution in [0.1, 0.15) is 82.4 Å². The lowest BCUT2D eigenvalue weighted by atomic mass is 9.97. The van der Waals surface area contributed by atoms with Crippen LogP contribution in [-0.2, 0) is 31.9 Å². The van der Waals surface area contributed by atoms with Gasteiger partial charge < -0.3 is 23.7 Å². The highest BCUT2D eigenvalue weighted by Gasteiger charge is 2.24. The van der Waals surface area contributed by atoms with Gasteiger partial charge in [0.2, 0.25) is 13.6 Å². The molecular weight excluding hydrogens is 512 g/mol. The van der Waals surface area contributed by atoms with Crippen molar-refractivity contribution in [3.63, 3.8) is 0 Å². The van der Waals surface area contributed by atoms with Crippen LogP contribution in [0.3, 0.4) is 0 Å². The second-order valence-electron chi connectivity index (χ2n) is 11.3. The van der Waals surface area contributed by atoms with Crippen molar-refractivity contribution in [3.8, 4) is 17.2 Å². The molecule has 0 amide bonds. The first-order valence-corrected chi connectivity index (χ1v) is 13.4. The van der Waals surface area contributed by atoms with Gasteiger partial charge in [0, 0.05) is 16.7 Å². The van der Waals surface area contributed by atoms with Crippen LogP contribution in [0, 0.1) is 10.8 Å². The number of carbonyl (C=O) groups excluding carboxylic acids is 3. The Bertz CT molecular complexity index is 1210. The lowest BCUT2D eigenvalue weighted by Crippen LogP contribution is -2.25. The average Bonchev–Trinajstić information content (AvgIpc) is 2.90. The van der Waals surface area contributed by atoms with Crippen molar-refractivity contribution >= 4 is 23.8 Å². The molecule has 2 rings (SSSR count). The van der Waals surface area contributed by atoms with E-state index in [9.17, 15) is 14.4 Å². The summed E-state index contributed by atoms with van der Waals surface area (Å²) in [6.45, 7) is 14.2. The highest BCUT2D eigenvalue weighted by molar-refractivity contribution is 6.07. The first kappa shape index (κ1) is 32.4. The SMILES string of the molecule is CCc1cc(C=CC(=O)c2ccc(OCOC(=O)C(C)(C)C)cc2)c(OC)c(CC)c1OCOC(=O)C(C)(C)C. The Kier molecular flexibility index (Phi) is 11.3. The van der Waals surface area contributed by atoms with Gasteiger partial charge in [-0.1, -0.05) is 13.8 Å². The predicted molar refractivity (Wildman–Crippen MR) is 154 cm³/mol. The largest absolute Gasteiger partial charge is 0.496 e. The topological polar surface area (TPSA) is 97.4 Å². The number of rotatable bonds is 12. The lowest BCUT2D eigenvalue weighted by Gasteiger charge is -2.21. The van der Waals surface area contributed by atoms with E-state index in [1.54, 1.807) is 79.0 Å². The van der Waals surface area contributed by atoms with E-state index in [4.69, 9.17) is 23.7 Å². The fourth-order valence-electron chi connectivity index (χ4n) is 3.62. The van der Waals surface area contributed by atoms with Crippen LogP contribution in [-0.4, -0.2) is 38.4 Å². The second kappa shape index (κ2) is 14.0. The van der Waals surface area contributed by atoms with Gasteiger partial charge in [0.1, 0.15) is 17.2 Å². The van der Waals surface area contributed by atoms with E-state index in [2.05, 4.69) is 0 Å². The minimum absolute atomic E-state index is 0.196. The maximum Gasteiger partial charge on any atom is 0.314 e. The summed E-state index contributed by atoms with van der Waals surface area (Å²) >= 11 is 0. The third kappa shape index (κ3) is 8.86.